The molecule has 1 N–H and O–H groups in total. The molecule has 62 valence electrons. The van der Waals surface area contributed by atoms with E-state index in [4.69, 9.17) is 17.0 Å². The van der Waals surface area contributed by atoms with Crippen LogP contribution in [0.2, 0.25) is 0 Å². The SMILES string of the molecule is COCCN1C(=O)CNC1=S. The van der Waals surface area contributed by atoms with Gasteiger partial charge in [-0.3, -0.25) is 9.69 Å². The second-order valence-corrected chi connectivity index (χ2v) is 2.58. The van der Waals surface area contributed by atoms with Gasteiger partial charge in [0.1, 0.15) is 0 Å². The Kier molecular flexibility index (Phi) is 2.78. The van der Waals surface area contributed by atoms with E-state index >= 15 is 0 Å². The Labute approximate surface area is 70.5 Å². The summed E-state index contributed by atoms with van der Waals surface area (Å²) in [7, 11) is 1.59. The first-order valence-electron chi connectivity index (χ1n) is 3.33. The third-order valence-corrected chi connectivity index (χ3v) is 1.82. The van der Waals surface area contributed by atoms with E-state index in [0.717, 1.165) is 0 Å². The van der Waals surface area contributed by atoms with Gasteiger partial charge in [-0.05, 0) is 12.2 Å². The molecule has 1 heterocycles. The lowest BCUT2D eigenvalue weighted by atomic mass is 10.5. The van der Waals surface area contributed by atoms with Crippen LogP contribution >= 0.6 is 12.2 Å². The van der Waals surface area contributed by atoms with Crippen LogP contribution in [0.3, 0.4) is 0 Å². The molecule has 1 saturated heterocycles. The van der Waals surface area contributed by atoms with E-state index in [1.807, 2.05) is 0 Å². The quantitative estimate of drug-likeness (QED) is 0.577. The first-order valence-corrected chi connectivity index (χ1v) is 3.73. The summed E-state index contributed by atoms with van der Waals surface area (Å²) in [5.74, 6) is 0.0204. The van der Waals surface area contributed by atoms with Crippen LogP contribution in [0.15, 0.2) is 0 Å². The summed E-state index contributed by atoms with van der Waals surface area (Å²) in [6.45, 7) is 1.39. The van der Waals surface area contributed by atoms with E-state index in [0.29, 0.717) is 24.8 Å². The fraction of sp³-hybridized carbons (Fsp3) is 0.667. The highest BCUT2D eigenvalue weighted by atomic mass is 32.1. The van der Waals surface area contributed by atoms with Crippen LogP contribution < -0.4 is 5.32 Å². The van der Waals surface area contributed by atoms with Crippen molar-refractivity contribution >= 4 is 23.2 Å². The second kappa shape index (κ2) is 3.64. The summed E-state index contributed by atoms with van der Waals surface area (Å²) in [4.78, 5) is 12.5. The summed E-state index contributed by atoms with van der Waals surface area (Å²) in [5.41, 5.74) is 0. The molecule has 1 amide bonds. The maximum absolute atomic E-state index is 11.0. The molecule has 1 fully saturated rings. The standard InChI is InChI=1S/C6H10N2O2S/c1-10-3-2-8-5(9)4-7-6(8)11/h2-4H2,1H3,(H,7,11). The van der Waals surface area contributed by atoms with Gasteiger partial charge in [0.15, 0.2) is 5.11 Å². The molecule has 1 aliphatic rings. The molecule has 0 saturated carbocycles. The predicted octanol–water partition coefficient (Wildman–Crippen LogP) is -0.651. The molecule has 0 radical (unpaired) electrons. The van der Waals surface area contributed by atoms with Crippen molar-refractivity contribution in [3.8, 4) is 0 Å². The summed E-state index contributed by atoms with van der Waals surface area (Å²) in [5, 5.41) is 3.29. The average Bonchev–Trinajstić information content (AvgIpc) is 2.29. The minimum absolute atomic E-state index is 0.0204. The van der Waals surface area contributed by atoms with Crippen molar-refractivity contribution in [1.29, 1.82) is 0 Å². The Hall–Kier alpha value is -0.680. The Morgan fingerprint density at radius 2 is 2.55 bits per heavy atom. The fourth-order valence-corrected chi connectivity index (χ4v) is 1.13. The minimum atomic E-state index is 0.0204. The molecule has 0 aliphatic carbocycles. The lowest BCUT2D eigenvalue weighted by molar-refractivity contribution is -0.124. The third kappa shape index (κ3) is 1.87. The number of nitrogens with one attached hydrogen (secondary N) is 1. The van der Waals surface area contributed by atoms with Gasteiger partial charge in [0, 0.05) is 7.11 Å². The maximum atomic E-state index is 11.0. The van der Waals surface area contributed by atoms with E-state index in [9.17, 15) is 4.79 Å². The first kappa shape index (κ1) is 8.42. The van der Waals surface area contributed by atoms with Gasteiger partial charge in [-0.15, -0.1) is 0 Å². The Bertz CT molecular complexity index is 167. The second-order valence-electron chi connectivity index (χ2n) is 2.20. The van der Waals surface area contributed by atoms with E-state index < -0.39 is 0 Å². The van der Waals surface area contributed by atoms with Gasteiger partial charge in [-0.2, -0.15) is 0 Å². The lowest BCUT2D eigenvalue weighted by Gasteiger charge is -2.12. The number of thiocarbonyl (C=S) groups is 1. The van der Waals surface area contributed by atoms with Crippen LogP contribution in [0.4, 0.5) is 0 Å². The van der Waals surface area contributed by atoms with Gasteiger partial charge >= 0.3 is 0 Å². The van der Waals surface area contributed by atoms with Crippen molar-refractivity contribution in [3.05, 3.63) is 0 Å². The summed E-state index contributed by atoms with van der Waals surface area (Å²) < 4.78 is 4.82. The highest BCUT2D eigenvalue weighted by molar-refractivity contribution is 7.80. The van der Waals surface area contributed by atoms with Crippen LogP contribution in [-0.2, 0) is 9.53 Å². The molecular formula is C6H10N2O2S. The zero-order valence-corrected chi connectivity index (χ0v) is 7.11. The van der Waals surface area contributed by atoms with Crippen molar-refractivity contribution < 1.29 is 9.53 Å². The Morgan fingerprint density at radius 3 is 3.00 bits per heavy atom. The minimum Gasteiger partial charge on any atom is -0.383 e. The Balaban J connectivity index is 2.41. The smallest absolute Gasteiger partial charge is 0.248 e. The monoisotopic (exact) mass is 174 g/mol. The van der Waals surface area contributed by atoms with Crippen LogP contribution in [0, 0.1) is 0 Å². The van der Waals surface area contributed by atoms with Crippen molar-refractivity contribution in [1.82, 2.24) is 10.2 Å². The zero-order valence-electron chi connectivity index (χ0n) is 6.29. The molecular weight excluding hydrogens is 164 g/mol. The number of carbonyl (C=O) groups is 1. The fourth-order valence-electron chi connectivity index (χ4n) is 0.864. The van der Waals surface area contributed by atoms with E-state index in [2.05, 4.69) is 5.32 Å². The zero-order chi connectivity index (χ0) is 8.27. The highest BCUT2D eigenvalue weighted by Crippen LogP contribution is 1.97. The normalized spacial score (nSPS) is 17.4. The van der Waals surface area contributed by atoms with Gasteiger partial charge in [-0.1, -0.05) is 0 Å². The van der Waals surface area contributed by atoms with Crippen molar-refractivity contribution in [3.63, 3.8) is 0 Å². The number of methoxy groups -OCH3 is 1. The van der Waals surface area contributed by atoms with Crippen molar-refractivity contribution in [2.45, 2.75) is 0 Å². The number of carbonyl (C=O) groups excluding carboxylic acids is 1. The molecule has 11 heavy (non-hydrogen) atoms. The van der Waals surface area contributed by atoms with Crippen LogP contribution in [0.25, 0.3) is 0 Å². The highest BCUT2D eigenvalue weighted by Gasteiger charge is 2.23. The third-order valence-electron chi connectivity index (χ3n) is 1.46. The molecule has 0 unspecified atom stereocenters. The summed E-state index contributed by atoms with van der Waals surface area (Å²) >= 11 is 4.87. The largest absolute Gasteiger partial charge is 0.383 e. The molecule has 5 heteroatoms. The van der Waals surface area contributed by atoms with Crippen molar-refractivity contribution in [2.24, 2.45) is 0 Å². The van der Waals surface area contributed by atoms with Crippen molar-refractivity contribution in [2.75, 3.05) is 26.8 Å². The van der Waals surface area contributed by atoms with E-state index in [1.54, 1.807) is 7.11 Å². The van der Waals surface area contributed by atoms with E-state index in [-0.39, 0.29) is 5.91 Å². The molecule has 0 aromatic heterocycles. The number of hydrogen-bond donors (Lipinski definition) is 1. The molecule has 0 aromatic rings. The first-order chi connectivity index (χ1) is 5.25. The van der Waals surface area contributed by atoms with Gasteiger partial charge in [0.05, 0.1) is 19.7 Å². The van der Waals surface area contributed by atoms with E-state index in [1.165, 1.54) is 4.90 Å². The lowest BCUT2D eigenvalue weighted by Crippen LogP contribution is -2.33. The van der Waals surface area contributed by atoms with Gasteiger partial charge < -0.3 is 10.1 Å². The van der Waals surface area contributed by atoms with Gasteiger partial charge in [0.25, 0.3) is 0 Å². The molecule has 4 nitrogen and oxygen atoms in total. The summed E-state index contributed by atoms with van der Waals surface area (Å²) in [6, 6.07) is 0. The number of rotatable bonds is 3. The van der Waals surface area contributed by atoms with Gasteiger partial charge in [-0.25, -0.2) is 0 Å². The number of ether oxygens (including phenoxy) is 1. The van der Waals surface area contributed by atoms with Crippen LogP contribution in [-0.4, -0.2) is 42.7 Å². The molecule has 0 aromatic carbocycles. The molecule has 1 aliphatic heterocycles. The molecule has 0 atom stereocenters. The summed E-state index contributed by atoms with van der Waals surface area (Å²) in [6.07, 6.45) is 0. The predicted molar refractivity (Wildman–Crippen MR) is 44.2 cm³/mol. The van der Waals surface area contributed by atoms with Gasteiger partial charge in [0.2, 0.25) is 5.91 Å². The molecule has 0 spiro atoms. The number of nitrogens with zero attached hydrogens (tertiary/aromatic N) is 1. The molecule has 0 bridgehead atoms. The van der Waals surface area contributed by atoms with Crippen LogP contribution in [0.1, 0.15) is 0 Å². The average molecular weight is 174 g/mol. The molecule has 1 rings (SSSR count). The maximum Gasteiger partial charge on any atom is 0.248 e. The van der Waals surface area contributed by atoms with Crippen LogP contribution in [0.5, 0.6) is 0 Å². The number of amides is 1. The Morgan fingerprint density at radius 1 is 1.82 bits per heavy atom. The topological polar surface area (TPSA) is 41.6 Å². The number of hydrogen-bond acceptors (Lipinski definition) is 3.